The third kappa shape index (κ3) is 2.07. The summed E-state index contributed by atoms with van der Waals surface area (Å²) in [7, 11) is 0. The molecule has 0 spiro atoms. The first-order valence-electron chi connectivity index (χ1n) is 6.01. The van der Waals surface area contributed by atoms with Crippen LogP contribution in [0, 0.1) is 11.8 Å². The van der Waals surface area contributed by atoms with E-state index in [2.05, 4.69) is 18.7 Å². The zero-order valence-electron chi connectivity index (χ0n) is 9.13. The van der Waals surface area contributed by atoms with E-state index < -0.39 is 0 Å². The van der Waals surface area contributed by atoms with Crippen LogP contribution in [-0.4, -0.2) is 24.0 Å². The fraction of sp³-hybridized carbons (Fsp3) is 1.00. The van der Waals surface area contributed by atoms with Crippen LogP contribution < -0.4 is 0 Å². The molecule has 2 aliphatic rings. The molecular formula is C12H23N. The highest BCUT2D eigenvalue weighted by molar-refractivity contribution is 4.84. The van der Waals surface area contributed by atoms with Crippen molar-refractivity contribution in [1.82, 2.24) is 4.90 Å². The van der Waals surface area contributed by atoms with Crippen LogP contribution in [0.15, 0.2) is 0 Å². The maximum Gasteiger partial charge on any atom is 0.00953 e. The lowest BCUT2D eigenvalue weighted by molar-refractivity contribution is 0.0632. The molecule has 0 amide bonds. The molecule has 2 fully saturated rings. The third-order valence-electron chi connectivity index (χ3n) is 4.02. The predicted octanol–water partition coefficient (Wildman–Crippen LogP) is 2.91. The van der Waals surface area contributed by atoms with Crippen LogP contribution in [0.2, 0.25) is 0 Å². The lowest BCUT2D eigenvalue weighted by Crippen LogP contribution is -2.46. The van der Waals surface area contributed by atoms with Gasteiger partial charge in [0.2, 0.25) is 0 Å². The molecule has 1 nitrogen and oxygen atoms in total. The van der Waals surface area contributed by atoms with Crippen LogP contribution in [0.1, 0.15) is 46.0 Å². The summed E-state index contributed by atoms with van der Waals surface area (Å²) in [6, 6.07) is 0.974. The Morgan fingerprint density at radius 2 is 1.85 bits per heavy atom. The molecule has 2 rings (SSSR count). The Morgan fingerprint density at radius 3 is 2.38 bits per heavy atom. The van der Waals surface area contributed by atoms with Gasteiger partial charge in [0.15, 0.2) is 0 Å². The molecule has 1 heteroatoms. The average Bonchev–Trinajstić information content (AvgIpc) is 2.01. The van der Waals surface area contributed by atoms with Crippen molar-refractivity contribution in [3.63, 3.8) is 0 Å². The SMILES string of the molecule is CC(C)[C@@H]1CCCN(C2CCC2)C1. The largest absolute Gasteiger partial charge is 0.300 e. The molecule has 1 atom stereocenters. The Balaban J connectivity index is 1.84. The average molecular weight is 181 g/mol. The Bertz CT molecular complexity index is 161. The fourth-order valence-corrected chi connectivity index (χ4v) is 2.67. The van der Waals surface area contributed by atoms with Crippen molar-refractivity contribution >= 4 is 0 Å². The summed E-state index contributed by atoms with van der Waals surface area (Å²) in [5.41, 5.74) is 0. The van der Waals surface area contributed by atoms with E-state index in [4.69, 9.17) is 0 Å². The van der Waals surface area contributed by atoms with Gasteiger partial charge in [-0.1, -0.05) is 20.3 Å². The quantitative estimate of drug-likeness (QED) is 0.633. The van der Waals surface area contributed by atoms with Crippen molar-refractivity contribution in [2.75, 3.05) is 13.1 Å². The van der Waals surface area contributed by atoms with Gasteiger partial charge in [-0.25, -0.2) is 0 Å². The van der Waals surface area contributed by atoms with Gasteiger partial charge >= 0.3 is 0 Å². The molecule has 1 aliphatic carbocycles. The van der Waals surface area contributed by atoms with Gasteiger partial charge in [0.25, 0.3) is 0 Å². The van der Waals surface area contributed by atoms with Gasteiger partial charge in [-0.3, -0.25) is 0 Å². The van der Waals surface area contributed by atoms with Crippen molar-refractivity contribution < 1.29 is 0 Å². The third-order valence-corrected chi connectivity index (χ3v) is 4.02. The maximum absolute atomic E-state index is 2.76. The predicted molar refractivity (Wildman–Crippen MR) is 56.8 cm³/mol. The van der Waals surface area contributed by atoms with E-state index in [1.807, 2.05) is 0 Å². The molecule has 1 saturated heterocycles. The van der Waals surface area contributed by atoms with Crippen molar-refractivity contribution in [3.8, 4) is 0 Å². The fourth-order valence-electron chi connectivity index (χ4n) is 2.67. The van der Waals surface area contributed by atoms with Crippen molar-refractivity contribution in [2.45, 2.75) is 52.0 Å². The molecule has 0 radical (unpaired) electrons. The maximum atomic E-state index is 2.76. The highest BCUT2D eigenvalue weighted by Crippen LogP contribution is 2.31. The lowest BCUT2D eigenvalue weighted by Gasteiger charge is -2.43. The summed E-state index contributed by atoms with van der Waals surface area (Å²) in [5.74, 6) is 1.87. The molecule has 0 bridgehead atoms. The van der Waals surface area contributed by atoms with E-state index in [9.17, 15) is 0 Å². The zero-order chi connectivity index (χ0) is 9.26. The minimum atomic E-state index is 0.892. The summed E-state index contributed by atoms with van der Waals surface area (Å²) in [5, 5.41) is 0. The van der Waals surface area contributed by atoms with Gasteiger partial charge in [0.05, 0.1) is 0 Å². The first-order valence-corrected chi connectivity index (χ1v) is 6.01. The van der Waals surface area contributed by atoms with Gasteiger partial charge in [-0.05, 0) is 44.1 Å². The summed E-state index contributed by atoms with van der Waals surface area (Å²) >= 11 is 0. The van der Waals surface area contributed by atoms with Crippen molar-refractivity contribution in [2.24, 2.45) is 11.8 Å². The minimum absolute atomic E-state index is 0.892. The Hall–Kier alpha value is -0.0400. The van der Waals surface area contributed by atoms with Gasteiger partial charge < -0.3 is 4.90 Å². The second-order valence-electron chi connectivity index (χ2n) is 5.23. The zero-order valence-corrected chi connectivity index (χ0v) is 9.13. The van der Waals surface area contributed by atoms with Crippen LogP contribution in [-0.2, 0) is 0 Å². The molecular weight excluding hydrogens is 158 g/mol. The summed E-state index contributed by atoms with van der Waals surface area (Å²) < 4.78 is 0. The van der Waals surface area contributed by atoms with Crippen molar-refractivity contribution in [3.05, 3.63) is 0 Å². The van der Waals surface area contributed by atoms with E-state index in [0.29, 0.717) is 0 Å². The normalized spacial score (nSPS) is 32.1. The van der Waals surface area contributed by atoms with E-state index in [1.54, 1.807) is 0 Å². The molecule has 1 heterocycles. The van der Waals surface area contributed by atoms with E-state index in [0.717, 1.165) is 17.9 Å². The second-order valence-corrected chi connectivity index (χ2v) is 5.23. The molecule has 1 aliphatic heterocycles. The smallest absolute Gasteiger partial charge is 0.00953 e. The number of nitrogens with zero attached hydrogens (tertiary/aromatic N) is 1. The second kappa shape index (κ2) is 4.00. The van der Waals surface area contributed by atoms with Crippen LogP contribution in [0.25, 0.3) is 0 Å². The molecule has 76 valence electrons. The number of likely N-dealkylation sites (tertiary alicyclic amines) is 1. The molecule has 0 aromatic rings. The van der Waals surface area contributed by atoms with Gasteiger partial charge in [0, 0.05) is 12.6 Å². The molecule has 1 saturated carbocycles. The topological polar surface area (TPSA) is 3.24 Å². The summed E-state index contributed by atoms with van der Waals surface area (Å²) in [6.07, 6.45) is 7.35. The number of piperidine rings is 1. The van der Waals surface area contributed by atoms with Crippen LogP contribution in [0.4, 0.5) is 0 Å². The standard InChI is InChI=1S/C12H23N/c1-10(2)11-5-4-8-13(9-11)12-6-3-7-12/h10-12H,3-9H2,1-2H3/t11-/m1/s1. The van der Waals surface area contributed by atoms with Crippen molar-refractivity contribution in [1.29, 1.82) is 0 Å². The molecule has 0 N–H and O–H groups in total. The molecule has 0 unspecified atom stereocenters. The molecule has 13 heavy (non-hydrogen) atoms. The minimum Gasteiger partial charge on any atom is -0.300 e. The Labute approximate surface area is 82.5 Å². The molecule has 0 aromatic heterocycles. The molecule has 0 aromatic carbocycles. The van der Waals surface area contributed by atoms with Gasteiger partial charge in [-0.2, -0.15) is 0 Å². The van der Waals surface area contributed by atoms with E-state index in [1.165, 1.54) is 45.2 Å². The summed E-state index contributed by atoms with van der Waals surface area (Å²) in [6.45, 7) is 7.54. The first-order chi connectivity index (χ1) is 6.27. The Kier molecular flexibility index (Phi) is 2.92. The number of hydrogen-bond donors (Lipinski definition) is 0. The van der Waals surface area contributed by atoms with Gasteiger partial charge in [0.1, 0.15) is 0 Å². The number of rotatable bonds is 2. The van der Waals surface area contributed by atoms with Gasteiger partial charge in [-0.15, -0.1) is 0 Å². The van der Waals surface area contributed by atoms with E-state index in [-0.39, 0.29) is 0 Å². The monoisotopic (exact) mass is 181 g/mol. The van der Waals surface area contributed by atoms with E-state index >= 15 is 0 Å². The first kappa shape index (κ1) is 9.51. The lowest BCUT2D eigenvalue weighted by atomic mass is 9.84. The van der Waals surface area contributed by atoms with Crippen LogP contribution in [0.3, 0.4) is 0 Å². The summed E-state index contributed by atoms with van der Waals surface area (Å²) in [4.78, 5) is 2.76. The van der Waals surface area contributed by atoms with Crippen LogP contribution >= 0.6 is 0 Å². The highest BCUT2D eigenvalue weighted by atomic mass is 15.2. The number of hydrogen-bond acceptors (Lipinski definition) is 1. The Morgan fingerprint density at radius 1 is 1.08 bits per heavy atom. The highest BCUT2D eigenvalue weighted by Gasteiger charge is 2.30. The van der Waals surface area contributed by atoms with Crippen LogP contribution in [0.5, 0.6) is 0 Å².